The van der Waals surface area contributed by atoms with E-state index in [4.69, 9.17) is 5.11 Å². The number of benzene rings is 1. The van der Waals surface area contributed by atoms with Crippen molar-refractivity contribution in [2.75, 3.05) is 5.32 Å². The molecule has 2 N–H and O–H groups in total. The van der Waals surface area contributed by atoms with Gasteiger partial charge in [0.05, 0.1) is 16.4 Å². The molecule has 0 saturated heterocycles. The summed E-state index contributed by atoms with van der Waals surface area (Å²) in [5.41, 5.74) is 0.483. The lowest BCUT2D eigenvalue weighted by atomic mass is 10.2. The van der Waals surface area contributed by atoms with Crippen molar-refractivity contribution >= 4 is 33.5 Å². The Morgan fingerprint density at radius 2 is 2.20 bits per heavy atom. The second-order valence-electron chi connectivity index (χ2n) is 3.90. The fourth-order valence-corrected chi connectivity index (χ4v) is 1.74. The van der Waals surface area contributed by atoms with E-state index in [9.17, 15) is 14.0 Å². The van der Waals surface area contributed by atoms with E-state index in [0.717, 1.165) is 6.07 Å². The summed E-state index contributed by atoms with van der Waals surface area (Å²) in [7, 11) is 0. The Kier molecular flexibility index (Phi) is 4.14. The second-order valence-corrected chi connectivity index (χ2v) is 4.76. The number of nitrogens with zero attached hydrogens (tertiary/aromatic N) is 2. The highest BCUT2D eigenvalue weighted by Gasteiger charge is 2.10. The first-order valence-electron chi connectivity index (χ1n) is 5.46. The van der Waals surface area contributed by atoms with Crippen molar-refractivity contribution in [2.45, 2.75) is 6.54 Å². The molecule has 1 amide bonds. The maximum Gasteiger partial charge on any atom is 0.325 e. The maximum absolute atomic E-state index is 13.3. The van der Waals surface area contributed by atoms with Crippen LogP contribution in [-0.4, -0.2) is 26.8 Å². The molecule has 1 aromatic heterocycles. The van der Waals surface area contributed by atoms with E-state index >= 15 is 0 Å². The first-order valence-corrected chi connectivity index (χ1v) is 6.25. The number of aliphatic carboxylic acids is 1. The molecule has 2 aromatic rings. The molecule has 0 unspecified atom stereocenters. The first kappa shape index (κ1) is 14.2. The van der Waals surface area contributed by atoms with Gasteiger partial charge < -0.3 is 10.4 Å². The molecular formula is C12H9BrFN3O3. The summed E-state index contributed by atoms with van der Waals surface area (Å²) in [6.45, 7) is -0.303. The van der Waals surface area contributed by atoms with Crippen molar-refractivity contribution in [1.29, 1.82) is 0 Å². The predicted molar refractivity (Wildman–Crippen MR) is 71.9 cm³/mol. The van der Waals surface area contributed by atoms with Crippen LogP contribution in [0.4, 0.5) is 10.1 Å². The van der Waals surface area contributed by atoms with Crippen LogP contribution in [0.2, 0.25) is 0 Å². The Morgan fingerprint density at radius 1 is 1.45 bits per heavy atom. The molecule has 0 aliphatic rings. The lowest BCUT2D eigenvalue weighted by molar-refractivity contribution is -0.137. The normalized spacial score (nSPS) is 10.3. The third-order valence-corrected chi connectivity index (χ3v) is 3.01. The summed E-state index contributed by atoms with van der Waals surface area (Å²) < 4.78 is 14.8. The summed E-state index contributed by atoms with van der Waals surface area (Å²) in [6, 6.07) is 3.99. The quantitative estimate of drug-likeness (QED) is 0.892. The van der Waals surface area contributed by atoms with E-state index in [0.29, 0.717) is 5.69 Å². The lowest BCUT2D eigenvalue weighted by Crippen LogP contribution is -2.12. The van der Waals surface area contributed by atoms with Gasteiger partial charge in [-0.15, -0.1) is 0 Å². The van der Waals surface area contributed by atoms with Crippen molar-refractivity contribution < 1.29 is 19.1 Å². The van der Waals surface area contributed by atoms with Crippen molar-refractivity contribution in [3.05, 3.63) is 46.4 Å². The molecule has 0 radical (unpaired) electrons. The summed E-state index contributed by atoms with van der Waals surface area (Å²) >= 11 is 3.00. The van der Waals surface area contributed by atoms with Crippen LogP contribution in [-0.2, 0) is 11.3 Å². The highest BCUT2D eigenvalue weighted by atomic mass is 79.9. The van der Waals surface area contributed by atoms with Crippen LogP contribution in [0, 0.1) is 5.82 Å². The molecule has 0 aliphatic carbocycles. The van der Waals surface area contributed by atoms with E-state index in [1.54, 1.807) is 0 Å². The fraction of sp³-hybridized carbons (Fsp3) is 0.0833. The third kappa shape index (κ3) is 3.41. The first-order chi connectivity index (χ1) is 9.45. The van der Waals surface area contributed by atoms with Crippen LogP contribution in [0.5, 0.6) is 0 Å². The molecular weight excluding hydrogens is 333 g/mol. The molecule has 0 fully saturated rings. The number of hydrogen-bond donors (Lipinski definition) is 2. The highest BCUT2D eigenvalue weighted by molar-refractivity contribution is 9.10. The Labute approximate surface area is 121 Å². The van der Waals surface area contributed by atoms with Gasteiger partial charge in [0.2, 0.25) is 0 Å². The second kappa shape index (κ2) is 5.83. The van der Waals surface area contributed by atoms with Gasteiger partial charge in [-0.3, -0.25) is 14.3 Å². The largest absolute Gasteiger partial charge is 0.480 e. The van der Waals surface area contributed by atoms with Gasteiger partial charge in [-0.05, 0) is 34.1 Å². The molecule has 8 heteroatoms. The number of carboxylic acid groups (broad SMARTS) is 1. The minimum Gasteiger partial charge on any atom is -0.480 e. The molecule has 2 rings (SSSR count). The number of rotatable bonds is 4. The average Bonchev–Trinajstić information content (AvgIpc) is 2.79. The van der Waals surface area contributed by atoms with Crippen molar-refractivity contribution in [3.63, 3.8) is 0 Å². The predicted octanol–water partition coefficient (Wildman–Crippen LogP) is 2.12. The molecule has 0 spiro atoms. The minimum atomic E-state index is -1.04. The summed E-state index contributed by atoms with van der Waals surface area (Å²) in [4.78, 5) is 22.4. The molecule has 1 aromatic carbocycles. The van der Waals surface area contributed by atoms with Gasteiger partial charge >= 0.3 is 5.97 Å². The van der Waals surface area contributed by atoms with Crippen LogP contribution >= 0.6 is 15.9 Å². The SMILES string of the molecule is O=C(O)Cn1cc(NC(=O)c2ccc(Br)c(F)c2)cn1. The van der Waals surface area contributed by atoms with Crippen LogP contribution in [0.1, 0.15) is 10.4 Å². The zero-order chi connectivity index (χ0) is 14.7. The van der Waals surface area contributed by atoms with Gasteiger partial charge in [0.1, 0.15) is 12.4 Å². The number of carbonyl (C=O) groups is 2. The van der Waals surface area contributed by atoms with Crippen molar-refractivity contribution in [1.82, 2.24) is 9.78 Å². The minimum absolute atomic E-state index is 0.150. The molecule has 0 bridgehead atoms. The number of aromatic nitrogens is 2. The van der Waals surface area contributed by atoms with E-state index < -0.39 is 17.7 Å². The number of carboxylic acids is 1. The third-order valence-electron chi connectivity index (χ3n) is 2.37. The number of hydrogen-bond acceptors (Lipinski definition) is 3. The van der Waals surface area contributed by atoms with Crippen molar-refractivity contribution in [3.8, 4) is 0 Å². The van der Waals surface area contributed by atoms with E-state index in [1.807, 2.05) is 0 Å². The van der Waals surface area contributed by atoms with Crippen LogP contribution < -0.4 is 5.32 Å². The van der Waals surface area contributed by atoms with E-state index in [2.05, 4.69) is 26.3 Å². The molecule has 104 valence electrons. The van der Waals surface area contributed by atoms with Crippen LogP contribution in [0.3, 0.4) is 0 Å². The fourth-order valence-electron chi connectivity index (χ4n) is 1.49. The van der Waals surface area contributed by atoms with Gasteiger partial charge in [-0.1, -0.05) is 0 Å². The standard InChI is InChI=1S/C12H9BrFN3O3/c13-9-2-1-7(3-10(9)14)12(20)16-8-4-15-17(5-8)6-11(18)19/h1-5H,6H2,(H,16,20)(H,18,19). The zero-order valence-electron chi connectivity index (χ0n) is 10.0. The lowest BCUT2D eigenvalue weighted by Gasteiger charge is -2.03. The Balaban J connectivity index is 2.09. The van der Waals surface area contributed by atoms with Crippen LogP contribution in [0.25, 0.3) is 0 Å². The van der Waals surface area contributed by atoms with Gasteiger partial charge in [0.15, 0.2) is 0 Å². The topological polar surface area (TPSA) is 84.2 Å². The zero-order valence-corrected chi connectivity index (χ0v) is 11.6. The van der Waals surface area contributed by atoms with Crippen molar-refractivity contribution in [2.24, 2.45) is 0 Å². The number of amides is 1. The number of anilines is 1. The molecule has 0 atom stereocenters. The molecule has 1 heterocycles. The Hall–Kier alpha value is -2.22. The monoisotopic (exact) mass is 341 g/mol. The number of nitrogens with one attached hydrogen (secondary N) is 1. The molecule has 0 aliphatic heterocycles. The van der Waals surface area contributed by atoms with Gasteiger partial charge in [-0.2, -0.15) is 5.10 Å². The summed E-state index contributed by atoms with van der Waals surface area (Å²) in [6.07, 6.45) is 2.69. The summed E-state index contributed by atoms with van der Waals surface area (Å²) in [5, 5.41) is 14.9. The molecule has 6 nitrogen and oxygen atoms in total. The summed E-state index contributed by atoms with van der Waals surface area (Å²) in [5.74, 6) is -2.09. The Morgan fingerprint density at radius 3 is 2.85 bits per heavy atom. The number of carbonyl (C=O) groups excluding carboxylic acids is 1. The van der Waals surface area contributed by atoms with E-state index in [-0.39, 0.29) is 16.6 Å². The van der Waals surface area contributed by atoms with Gasteiger partial charge in [0, 0.05) is 11.8 Å². The smallest absolute Gasteiger partial charge is 0.325 e. The van der Waals surface area contributed by atoms with E-state index in [1.165, 1.54) is 29.2 Å². The average molecular weight is 342 g/mol. The highest BCUT2D eigenvalue weighted by Crippen LogP contribution is 2.17. The van der Waals surface area contributed by atoms with Crippen LogP contribution in [0.15, 0.2) is 35.1 Å². The molecule has 20 heavy (non-hydrogen) atoms. The van der Waals surface area contributed by atoms with Gasteiger partial charge in [0.25, 0.3) is 5.91 Å². The number of halogens is 2. The maximum atomic E-state index is 13.3. The van der Waals surface area contributed by atoms with Gasteiger partial charge in [-0.25, -0.2) is 4.39 Å². The Bertz CT molecular complexity index is 672. The molecule has 0 saturated carbocycles.